The molecular weight excluding hydrogens is 256 g/mol. The van der Waals surface area contributed by atoms with Crippen LogP contribution in [0.15, 0.2) is 24.3 Å². The van der Waals surface area contributed by atoms with Gasteiger partial charge in [-0.05, 0) is 19.8 Å². The van der Waals surface area contributed by atoms with Crippen molar-refractivity contribution in [2.45, 2.75) is 30.9 Å². The summed E-state index contributed by atoms with van der Waals surface area (Å²) in [5.41, 5.74) is 2.08. The summed E-state index contributed by atoms with van der Waals surface area (Å²) in [6.45, 7) is 3.45. The number of hydrogen-bond acceptors (Lipinski definition) is 2. The van der Waals surface area contributed by atoms with E-state index in [0.29, 0.717) is 12.4 Å². The summed E-state index contributed by atoms with van der Waals surface area (Å²) in [5, 5.41) is 0. The molecule has 2 heterocycles. The lowest BCUT2D eigenvalue weighted by atomic mass is 9.95. The number of Topliss-reactive ketones (excluding diaryl/α,β-unsaturated/α-hetero) is 1. The lowest BCUT2D eigenvalue weighted by molar-refractivity contribution is 0.0925. The van der Waals surface area contributed by atoms with Gasteiger partial charge in [0.15, 0.2) is 0 Å². The fourth-order valence-corrected chi connectivity index (χ4v) is 6.19. The summed E-state index contributed by atoms with van der Waals surface area (Å²) in [4.78, 5) is 13.0. The quantitative estimate of drug-likeness (QED) is 0.627. The van der Waals surface area contributed by atoms with Gasteiger partial charge in [-0.15, -0.1) is 0 Å². The molecule has 3 heteroatoms. The van der Waals surface area contributed by atoms with Gasteiger partial charge in [0.25, 0.3) is 0 Å². The first-order valence-electron chi connectivity index (χ1n) is 7.09. The predicted molar refractivity (Wildman–Crippen MR) is 80.0 cm³/mol. The van der Waals surface area contributed by atoms with Gasteiger partial charge in [0.05, 0.1) is 6.61 Å². The fourth-order valence-electron chi connectivity index (χ4n) is 3.10. The van der Waals surface area contributed by atoms with Crippen LogP contribution < -0.4 is 0 Å². The molecule has 3 rings (SSSR count). The van der Waals surface area contributed by atoms with Crippen molar-refractivity contribution in [1.29, 1.82) is 0 Å². The number of rotatable bonds is 3. The number of aryl methyl sites for hydroxylation is 1. The zero-order valence-electron chi connectivity index (χ0n) is 11.5. The smallest absolute Gasteiger partial charge is 0.220 e. The normalized spacial score (nSPS) is 27.8. The van der Waals surface area contributed by atoms with E-state index < -0.39 is 0 Å². The molecule has 1 unspecified atom stereocenters. The molecule has 102 valence electrons. The largest absolute Gasteiger partial charge is 0.375 e. The molecule has 2 saturated heterocycles. The summed E-state index contributed by atoms with van der Waals surface area (Å²) in [6.07, 6.45) is 3.49. The van der Waals surface area contributed by atoms with Gasteiger partial charge >= 0.3 is 0 Å². The van der Waals surface area contributed by atoms with Crippen molar-refractivity contribution >= 4 is 16.7 Å². The standard InChI is InChI=1S/C16H21O2S/c1-13-4-6-14(7-5-13)15(17)16(8-9-18-12-16)19-10-2-3-11-19/h4-7H,2-3,8-12H2,1H3/q+1. The van der Waals surface area contributed by atoms with Crippen molar-refractivity contribution in [2.24, 2.45) is 0 Å². The average molecular weight is 277 g/mol. The van der Waals surface area contributed by atoms with Crippen molar-refractivity contribution in [3.05, 3.63) is 35.4 Å². The van der Waals surface area contributed by atoms with E-state index in [1.165, 1.54) is 29.9 Å². The van der Waals surface area contributed by atoms with Gasteiger partial charge in [-0.3, -0.25) is 4.79 Å². The highest BCUT2D eigenvalue weighted by molar-refractivity contribution is 7.99. The molecule has 19 heavy (non-hydrogen) atoms. The Kier molecular flexibility index (Phi) is 3.68. The highest BCUT2D eigenvalue weighted by Gasteiger charge is 2.57. The lowest BCUT2D eigenvalue weighted by Crippen LogP contribution is -2.48. The summed E-state index contributed by atoms with van der Waals surface area (Å²) >= 11 is 0. The average Bonchev–Trinajstić information content (AvgIpc) is 3.10. The van der Waals surface area contributed by atoms with Crippen LogP contribution >= 0.6 is 0 Å². The molecule has 2 aliphatic rings. The van der Waals surface area contributed by atoms with E-state index in [2.05, 4.69) is 6.92 Å². The van der Waals surface area contributed by atoms with Crippen LogP contribution in [-0.4, -0.2) is 35.2 Å². The molecule has 0 N–H and O–H groups in total. The van der Waals surface area contributed by atoms with E-state index in [-0.39, 0.29) is 15.6 Å². The minimum absolute atomic E-state index is 0.203. The van der Waals surface area contributed by atoms with Gasteiger partial charge in [0.1, 0.15) is 18.1 Å². The highest BCUT2D eigenvalue weighted by Crippen LogP contribution is 2.37. The van der Waals surface area contributed by atoms with Crippen molar-refractivity contribution in [3.8, 4) is 0 Å². The topological polar surface area (TPSA) is 26.3 Å². The first kappa shape index (κ1) is 13.2. The lowest BCUT2D eigenvalue weighted by Gasteiger charge is -2.24. The number of carbonyl (C=O) groups excluding carboxylic acids is 1. The Morgan fingerprint density at radius 3 is 2.47 bits per heavy atom. The molecule has 1 aromatic carbocycles. The SMILES string of the molecule is Cc1ccc(C(=O)C2([S+]3CCCC3)CCOC2)cc1. The molecular formula is C16H21O2S+. The second-order valence-corrected chi connectivity index (χ2v) is 8.18. The van der Waals surface area contributed by atoms with E-state index >= 15 is 0 Å². The summed E-state index contributed by atoms with van der Waals surface area (Å²) in [5.74, 6) is 2.78. The third-order valence-corrected chi connectivity index (χ3v) is 7.47. The van der Waals surface area contributed by atoms with E-state index in [1.807, 2.05) is 24.3 Å². The molecule has 0 radical (unpaired) electrons. The van der Waals surface area contributed by atoms with Crippen molar-refractivity contribution in [1.82, 2.24) is 0 Å². The van der Waals surface area contributed by atoms with Crippen LogP contribution in [0.25, 0.3) is 0 Å². The molecule has 2 aliphatic heterocycles. The van der Waals surface area contributed by atoms with Gasteiger partial charge in [0, 0.05) is 22.9 Å². The van der Waals surface area contributed by atoms with Crippen LogP contribution in [0.5, 0.6) is 0 Å². The maximum Gasteiger partial charge on any atom is 0.220 e. The zero-order chi connectivity index (χ0) is 13.3. The molecule has 0 amide bonds. The van der Waals surface area contributed by atoms with Gasteiger partial charge < -0.3 is 4.74 Å². The number of ketones is 1. The number of hydrogen-bond donors (Lipinski definition) is 0. The maximum atomic E-state index is 13.0. The molecule has 0 saturated carbocycles. The van der Waals surface area contributed by atoms with Crippen LogP contribution in [0.3, 0.4) is 0 Å². The van der Waals surface area contributed by atoms with Crippen LogP contribution in [0, 0.1) is 6.92 Å². The van der Waals surface area contributed by atoms with Crippen LogP contribution in [0.2, 0.25) is 0 Å². The van der Waals surface area contributed by atoms with E-state index in [0.717, 1.165) is 18.6 Å². The molecule has 1 atom stereocenters. The summed E-state index contributed by atoms with van der Waals surface area (Å²) in [7, 11) is 0.228. The second kappa shape index (κ2) is 5.29. The van der Waals surface area contributed by atoms with E-state index in [4.69, 9.17) is 4.74 Å². The van der Waals surface area contributed by atoms with Crippen molar-refractivity contribution < 1.29 is 9.53 Å². The fraction of sp³-hybridized carbons (Fsp3) is 0.562. The van der Waals surface area contributed by atoms with Gasteiger partial charge in [-0.2, -0.15) is 0 Å². The second-order valence-electron chi connectivity index (χ2n) is 5.60. The number of ether oxygens (including phenoxy) is 1. The third kappa shape index (κ3) is 2.34. The Hall–Kier alpha value is -0.800. The molecule has 0 aromatic heterocycles. The highest BCUT2D eigenvalue weighted by atomic mass is 32.2. The zero-order valence-corrected chi connectivity index (χ0v) is 12.3. The minimum Gasteiger partial charge on any atom is -0.375 e. The Balaban J connectivity index is 1.91. The van der Waals surface area contributed by atoms with Gasteiger partial charge in [-0.1, -0.05) is 29.8 Å². The molecule has 0 aliphatic carbocycles. The molecule has 0 bridgehead atoms. The first-order valence-corrected chi connectivity index (χ1v) is 8.65. The Labute approximate surface area is 117 Å². The number of benzene rings is 1. The Bertz CT molecular complexity index is 454. The first-order chi connectivity index (χ1) is 9.22. The predicted octanol–water partition coefficient (Wildman–Crippen LogP) is 2.75. The van der Waals surface area contributed by atoms with Gasteiger partial charge in [-0.25, -0.2) is 0 Å². The van der Waals surface area contributed by atoms with Crippen LogP contribution in [-0.2, 0) is 15.6 Å². The minimum atomic E-state index is -0.203. The van der Waals surface area contributed by atoms with Crippen molar-refractivity contribution in [2.75, 3.05) is 24.7 Å². The third-order valence-electron chi connectivity index (χ3n) is 4.30. The summed E-state index contributed by atoms with van der Waals surface area (Å²) in [6, 6.07) is 8.04. The molecule has 2 fully saturated rings. The van der Waals surface area contributed by atoms with Crippen LogP contribution in [0.4, 0.5) is 0 Å². The molecule has 1 aromatic rings. The van der Waals surface area contributed by atoms with E-state index in [1.54, 1.807) is 0 Å². The molecule has 2 nitrogen and oxygen atoms in total. The van der Waals surface area contributed by atoms with E-state index in [9.17, 15) is 4.79 Å². The molecule has 0 spiro atoms. The monoisotopic (exact) mass is 277 g/mol. The Morgan fingerprint density at radius 1 is 1.21 bits per heavy atom. The Morgan fingerprint density at radius 2 is 1.89 bits per heavy atom. The van der Waals surface area contributed by atoms with Crippen molar-refractivity contribution in [3.63, 3.8) is 0 Å². The van der Waals surface area contributed by atoms with Crippen LogP contribution in [0.1, 0.15) is 35.2 Å². The summed E-state index contributed by atoms with van der Waals surface area (Å²) < 4.78 is 5.42. The number of carbonyl (C=O) groups is 1. The maximum absolute atomic E-state index is 13.0. The van der Waals surface area contributed by atoms with Gasteiger partial charge in [0.2, 0.25) is 10.5 Å².